The molecule has 13 heteroatoms. The molecular formula is C30H42N4O8S. The molecule has 236 valence electrons. The van der Waals surface area contributed by atoms with Gasteiger partial charge in [-0.2, -0.15) is 0 Å². The highest BCUT2D eigenvalue weighted by Crippen LogP contribution is 2.38. The van der Waals surface area contributed by atoms with E-state index in [0.29, 0.717) is 18.7 Å². The highest BCUT2D eigenvalue weighted by atomic mass is 32.2. The molecular weight excluding hydrogens is 576 g/mol. The summed E-state index contributed by atoms with van der Waals surface area (Å²) in [6.45, 7) is 7.79. The average molecular weight is 619 g/mol. The van der Waals surface area contributed by atoms with Crippen molar-refractivity contribution in [3.8, 4) is 17.1 Å². The van der Waals surface area contributed by atoms with Gasteiger partial charge in [-0.3, -0.25) is 10.0 Å². The average Bonchev–Trinajstić information content (AvgIpc) is 2.98. The number of likely N-dealkylation sites (tertiary alicyclic amines) is 1. The van der Waals surface area contributed by atoms with Crippen LogP contribution >= 0.6 is 0 Å². The van der Waals surface area contributed by atoms with E-state index in [1.165, 1.54) is 9.21 Å². The van der Waals surface area contributed by atoms with Gasteiger partial charge in [-0.25, -0.2) is 28.0 Å². The minimum absolute atomic E-state index is 0.00891. The third-order valence-electron chi connectivity index (χ3n) is 8.09. The van der Waals surface area contributed by atoms with Gasteiger partial charge in [-0.1, -0.05) is 24.3 Å². The maximum atomic E-state index is 13.9. The number of carbonyl (C=O) groups is 2. The summed E-state index contributed by atoms with van der Waals surface area (Å²) >= 11 is 0. The summed E-state index contributed by atoms with van der Waals surface area (Å²) in [6.07, 6.45) is 0.274. The molecule has 0 saturated carbocycles. The second kappa shape index (κ2) is 13.2. The number of aliphatic hydroxyl groups excluding tert-OH is 1. The van der Waals surface area contributed by atoms with Crippen molar-refractivity contribution in [3.63, 3.8) is 0 Å². The fourth-order valence-corrected chi connectivity index (χ4v) is 7.95. The summed E-state index contributed by atoms with van der Waals surface area (Å²) in [4.78, 5) is 31.4. The van der Waals surface area contributed by atoms with Gasteiger partial charge < -0.3 is 19.5 Å². The highest BCUT2D eigenvalue weighted by Gasteiger charge is 2.55. The molecule has 2 aliphatic rings. The van der Waals surface area contributed by atoms with Crippen molar-refractivity contribution in [1.29, 1.82) is 0 Å². The van der Waals surface area contributed by atoms with Gasteiger partial charge in [0.1, 0.15) is 12.2 Å². The highest BCUT2D eigenvalue weighted by molar-refractivity contribution is 7.91. The predicted octanol–water partition coefficient (Wildman–Crippen LogP) is 3.21. The number of rotatable bonds is 8. The Labute approximate surface area is 253 Å². The third kappa shape index (κ3) is 7.11. The summed E-state index contributed by atoms with van der Waals surface area (Å²) in [5.41, 5.74) is 4.69. The van der Waals surface area contributed by atoms with Crippen LogP contribution in [0.4, 0.5) is 4.79 Å². The van der Waals surface area contributed by atoms with Gasteiger partial charge in [0.2, 0.25) is 15.9 Å². The Morgan fingerprint density at radius 3 is 2.35 bits per heavy atom. The summed E-state index contributed by atoms with van der Waals surface area (Å²) in [5.74, 6) is -0.418. The number of sulfonamides is 1. The van der Waals surface area contributed by atoms with Crippen LogP contribution in [0, 0.1) is 6.92 Å². The molecule has 4 rings (SSSR count). The smallest absolute Gasteiger partial charge is 0.410 e. The molecule has 2 fully saturated rings. The van der Waals surface area contributed by atoms with Crippen LogP contribution < -0.4 is 10.2 Å². The van der Waals surface area contributed by atoms with Crippen LogP contribution in [0.3, 0.4) is 0 Å². The van der Waals surface area contributed by atoms with E-state index in [-0.39, 0.29) is 58.2 Å². The molecule has 12 nitrogen and oxygen atoms in total. The molecule has 0 unspecified atom stereocenters. The van der Waals surface area contributed by atoms with Crippen molar-refractivity contribution >= 4 is 22.0 Å². The van der Waals surface area contributed by atoms with Crippen molar-refractivity contribution in [3.05, 3.63) is 47.5 Å². The number of aliphatic hydroxyl groups is 1. The molecule has 2 aliphatic heterocycles. The fourth-order valence-electron chi connectivity index (χ4n) is 5.78. The number of pyridine rings is 1. The lowest BCUT2D eigenvalue weighted by Crippen LogP contribution is -2.62. The predicted molar refractivity (Wildman–Crippen MR) is 159 cm³/mol. The first kappa shape index (κ1) is 32.6. The van der Waals surface area contributed by atoms with Crippen molar-refractivity contribution < 1.29 is 37.8 Å². The van der Waals surface area contributed by atoms with E-state index in [1.54, 1.807) is 32.3 Å². The summed E-state index contributed by atoms with van der Waals surface area (Å²) in [7, 11) is -4.16. The topological polar surface area (TPSA) is 159 Å². The quantitative estimate of drug-likeness (QED) is 0.298. The number of aryl methyl sites for hydroxylation is 1. The number of piperidine rings is 2. The van der Waals surface area contributed by atoms with Gasteiger partial charge in [0.15, 0.2) is 4.75 Å². The molecule has 2 saturated heterocycles. The van der Waals surface area contributed by atoms with Gasteiger partial charge in [-0.15, -0.1) is 0 Å². The molecule has 0 bridgehead atoms. The van der Waals surface area contributed by atoms with E-state index in [1.807, 2.05) is 31.2 Å². The van der Waals surface area contributed by atoms with E-state index < -0.39 is 32.4 Å². The number of carbonyl (C=O) groups excluding carboxylic acids is 2. The molecule has 0 radical (unpaired) electrons. The molecule has 3 N–H and O–H groups in total. The van der Waals surface area contributed by atoms with Crippen LogP contribution in [0.2, 0.25) is 0 Å². The Hall–Kier alpha value is -3.26. The lowest BCUT2D eigenvalue weighted by atomic mass is 9.88. The zero-order valence-electron chi connectivity index (χ0n) is 25.2. The number of benzene rings is 1. The Morgan fingerprint density at radius 2 is 1.77 bits per heavy atom. The van der Waals surface area contributed by atoms with E-state index in [9.17, 15) is 23.2 Å². The van der Waals surface area contributed by atoms with Crippen molar-refractivity contribution in [1.82, 2.24) is 19.7 Å². The summed E-state index contributed by atoms with van der Waals surface area (Å²) in [5, 5.41) is 18.5. The van der Waals surface area contributed by atoms with Gasteiger partial charge in [-0.05, 0) is 76.5 Å². The molecule has 2 amide bonds. The van der Waals surface area contributed by atoms with E-state index in [4.69, 9.17) is 14.6 Å². The van der Waals surface area contributed by atoms with Crippen LogP contribution in [0.25, 0.3) is 11.3 Å². The minimum Gasteiger partial charge on any atom is -0.475 e. The van der Waals surface area contributed by atoms with Gasteiger partial charge in [0.25, 0.3) is 5.91 Å². The minimum atomic E-state index is -4.16. The zero-order chi connectivity index (χ0) is 31.4. The molecule has 3 heterocycles. The Morgan fingerprint density at radius 1 is 1.09 bits per heavy atom. The monoisotopic (exact) mass is 618 g/mol. The number of nitrogens with one attached hydrogen (secondary N) is 1. The number of amides is 2. The van der Waals surface area contributed by atoms with E-state index in [2.05, 4.69) is 11.1 Å². The number of nitrogens with zero attached hydrogens (tertiary/aromatic N) is 3. The van der Waals surface area contributed by atoms with E-state index in [0.717, 1.165) is 22.4 Å². The van der Waals surface area contributed by atoms with E-state index >= 15 is 0 Å². The Bertz CT molecular complexity index is 1410. The maximum absolute atomic E-state index is 13.9. The van der Waals surface area contributed by atoms with Gasteiger partial charge in [0, 0.05) is 37.8 Å². The normalized spacial score (nSPS) is 18.2. The molecule has 0 atom stereocenters. The first-order chi connectivity index (χ1) is 20.3. The second-order valence-electron chi connectivity index (χ2n) is 12.1. The fraction of sp³-hybridized carbons (Fsp3) is 0.567. The second-order valence-corrected chi connectivity index (χ2v) is 14.3. The number of ether oxygens (including phenoxy) is 2. The standard InChI is InChI=1S/C30H42N4O8S/c1-21-20-23(8-9-24(21)25-6-5-7-26(31-25)41-19-18-35)22-10-14-34(15-11-22)43(39,40)30(27(36)32-38)12-16-33(17-13-30)28(37)42-29(2,3)4/h5-9,20,22,35,38H,10-19H2,1-4H3,(H,32,36). The van der Waals surface area contributed by atoms with Gasteiger partial charge >= 0.3 is 6.09 Å². The number of hydrogen-bond acceptors (Lipinski definition) is 9. The van der Waals surface area contributed by atoms with Gasteiger partial charge in [0.05, 0.1) is 12.3 Å². The first-order valence-corrected chi connectivity index (χ1v) is 16.0. The lowest BCUT2D eigenvalue weighted by Gasteiger charge is -2.43. The third-order valence-corrected chi connectivity index (χ3v) is 10.7. The van der Waals surface area contributed by atoms with Crippen molar-refractivity contribution in [2.75, 3.05) is 39.4 Å². The number of hydroxylamine groups is 1. The van der Waals surface area contributed by atoms with Crippen LogP contribution in [0.1, 0.15) is 63.5 Å². The van der Waals surface area contributed by atoms with Crippen molar-refractivity contribution in [2.24, 2.45) is 0 Å². The Balaban J connectivity index is 1.44. The molecule has 0 spiro atoms. The lowest BCUT2D eigenvalue weighted by molar-refractivity contribution is -0.133. The van der Waals surface area contributed by atoms with Crippen molar-refractivity contribution in [2.45, 2.75) is 69.6 Å². The molecule has 43 heavy (non-hydrogen) atoms. The molecule has 0 aliphatic carbocycles. The Kier molecular flexibility index (Phi) is 10.00. The first-order valence-electron chi connectivity index (χ1n) is 14.5. The molecule has 1 aromatic carbocycles. The van der Waals surface area contributed by atoms with Crippen LogP contribution in [0.15, 0.2) is 36.4 Å². The largest absolute Gasteiger partial charge is 0.475 e. The zero-order valence-corrected chi connectivity index (χ0v) is 26.0. The van der Waals surface area contributed by atoms with Crippen LogP contribution in [-0.4, -0.2) is 94.7 Å². The summed E-state index contributed by atoms with van der Waals surface area (Å²) < 4.78 is 38.2. The number of aromatic nitrogens is 1. The SMILES string of the molecule is Cc1cc(C2CCN(S(=O)(=O)C3(C(=O)NO)CCN(C(=O)OC(C)(C)C)CC3)CC2)ccc1-c1cccc(OCCO)n1. The summed E-state index contributed by atoms with van der Waals surface area (Å²) in [6, 6.07) is 11.6. The van der Waals surface area contributed by atoms with Crippen LogP contribution in [-0.2, 0) is 19.6 Å². The molecule has 2 aromatic rings. The maximum Gasteiger partial charge on any atom is 0.410 e. The molecule has 1 aromatic heterocycles. The van der Waals surface area contributed by atoms with Crippen LogP contribution in [0.5, 0.6) is 5.88 Å². The number of hydrogen-bond donors (Lipinski definition) is 3.